The minimum Gasteiger partial charge on any atom is -0.385 e. The fourth-order valence-electron chi connectivity index (χ4n) is 1.78. The van der Waals surface area contributed by atoms with Crippen LogP contribution in [0.5, 0.6) is 0 Å². The van der Waals surface area contributed by atoms with Crippen molar-refractivity contribution in [3.05, 3.63) is 11.1 Å². The number of nitrogens with zero attached hydrogens (tertiary/aromatic N) is 2. The minimum atomic E-state index is -0.226. The SMILES string of the molecule is COCCCN(CC(=O)Nc1nc(C)cs1)C(=O)C(C)C. The zero-order valence-electron chi connectivity index (χ0n) is 13.0. The average Bonchev–Trinajstić information content (AvgIpc) is 2.82. The third-order valence-electron chi connectivity index (χ3n) is 2.78. The predicted octanol–water partition coefficient (Wildman–Crippen LogP) is 1.91. The van der Waals surface area contributed by atoms with E-state index in [4.69, 9.17) is 4.74 Å². The van der Waals surface area contributed by atoms with Gasteiger partial charge in [-0.05, 0) is 13.3 Å². The van der Waals surface area contributed by atoms with Gasteiger partial charge in [-0.2, -0.15) is 0 Å². The monoisotopic (exact) mass is 313 g/mol. The summed E-state index contributed by atoms with van der Waals surface area (Å²) < 4.78 is 4.99. The number of ether oxygens (including phenoxy) is 1. The number of thiazole rings is 1. The van der Waals surface area contributed by atoms with Crippen molar-refractivity contribution in [3.63, 3.8) is 0 Å². The molecule has 1 aromatic heterocycles. The summed E-state index contributed by atoms with van der Waals surface area (Å²) in [5, 5.41) is 5.15. The summed E-state index contributed by atoms with van der Waals surface area (Å²) in [7, 11) is 1.62. The molecule has 0 aliphatic carbocycles. The lowest BCUT2D eigenvalue weighted by Crippen LogP contribution is -2.41. The number of hydrogen-bond donors (Lipinski definition) is 1. The van der Waals surface area contributed by atoms with Gasteiger partial charge in [0.1, 0.15) is 0 Å². The van der Waals surface area contributed by atoms with Gasteiger partial charge < -0.3 is 15.0 Å². The summed E-state index contributed by atoms with van der Waals surface area (Å²) in [4.78, 5) is 29.9. The van der Waals surface area contributed by atoms with Crippen molar-refractivity contribution in [2.45, 2.75) is 27.2 Å². The molecule has 2 amide bonds. The Morgan fingerprint density at radius 2 is 2.19 bits per heavy atom. The molecule has 0 fully saturated rings. The van der Waals surface area contributed by atoms with E-state index < -0.39 is 0 Å². The quantitative estimate of drug-likeness (QED) is 0.744. The fraction of sp³-hybridized carbons (Fsp3) is 0.643. The van der Waals surface area contributed by atoms with E-state index in [1.807, 2.05) is 26.2 Å². The molecule has 21 heavy (non-hydrogen) atoms. The Balaban J connectivity index is 2.57. The Morgan fingerprint density at radius 3 is 2.71 bits per heavy atom. The van der Waals surface area contributed by atoms with Crippen molar-refractivity contribution in [2.24, 2.45) is 5.92 Å². The van der Waals surface area contributed by atoms with Crippen molar-refractivity contribution in [2.75, 3.05) is 32.1 Å². The standard InChI is InChI=1S/C14H23N3O3S/c1-10(2)13(19)17(6-5-7-20-4)8-12(18)16-14-15-11(3)9-21-14/h9-10H,5-8H2,1-4H3,(H,15,16,18). The van der Waals surface area contributed by atoms with Crippen LogP contribution in [0.1, 0.15) is 26.0 Å². The largest absolute Gasteiger partial charge is 0.385 e. The summed E-state index contributed by atoms with van der Waals surface area (Å²) in [6, 6.07) is 0. The van der Waals surface area contributed by atoms with Crippen LogP contribution >= 0.6 is 11.3 Å². The molecular formula is C14H23N3O3S. The van der Waals surface area contributed by atoms with Crippen LogP contribution in [0.15, 0.2) is 5.38 Å². The van der Waals surface area contributed by atoms with Gasteiger partial charge in [-0.15, -0.1) is 11.3 Å². The Kier molecular flexibility index (Phi) is 7.31. The zero-order chi connectivity index (χ0) is 15.8. The molecule has 0 saturated carbocycles. The summed E-state index contributed by atoms with van der Waals surface area (Å²) in [6.45, 7) is 6.64. The van der Waals surface area contributed by atoms with Gasteiger partial charge in [-0.3, -0.25) is 9.59 Å². The van der Waals surface area contributed by atoms with Crippen LogP contribution < -0.4 is 5.32 Å². The number of carbonyl (C=O) groups is 2. The number of hydrogen-bond acceptors (Lipinski definition) is 5. The van der Waals surface area contributed by atoms with Gasteiger partial charge in [-0.25, -0.2) is 4.98 Å². The lowest BCUT2D eigenvalue weighted by atomic mass is 10.2. The highest BCUT2D eigenvalue weighted by Gasteiger charge is 2.20. The lowest BCUT2D eigenvalue weighted by Gasteiger charge is -2.23. The van der Waals surface area contributed by atoms with Crippen LogP contribution in [0.3, 0.4) is 0 Å². The number of anilines is 1. The number of methoxy groups -OCH3 is 1. The summed E-state index contributed by atoms with van der Waals surface area (Å²) >= 11 is 1.37. The molecule has 1 N–H and O–H groups in total. The Labute approximate surface area is 129 Å². The van der Waals surface area contributed by atoms with E-state index in [0.29, 0.717) is 24.7 Å². The minimum absolute atomic E-state index is 0.0310. The van der Waals surface area contributed by atoms with Gasteiger partial charge in [0.25, 0.3) is 0 Å². The Morgan fingerprint density at radius 1 is 1.48 bits per heavy atom. The molecule has 0 aliphatic rings. The predicted molar refractivity (Wildman–Crippen MR) is 83.4 cm³/mol. The van der Waals surface area contributed by atoms with E-state index in [1.165, 1.54) is 11.3 Å². The molecule has 0 atom stereocenters. The molecule has 0 saturated heterocycles. The first-order valence-corrected chi connectivity index (χ1v) is 7.81. The van der Waals surface area contributed by atoms with Crippen molar-refractivity contribution in [3.8, 4) is 0 Å². The number of aromatic nitrogens is 1. The van der Waals surface area contributed by atoms with Gasteiger partial charge >= 0.3 is 0 Å². The Hall–Kier alpha value is -1.47. The van der Waals surface area contributed by atoms with Crippen LogP contribution in [0.4, 0.5) is 5.13 Å². The van der Waals surface area contributed by atoms with Gasteiger partial charge in [-0.1, -0.05) is 13.8 Å². The van der Waals surface area contributed by atoms with Gasteiger partial charge in [0, 0.05) is 31.6 Å². The van der Waals surface area contributed by atoms with Gasteiger partial charge in [0.15, 0.2) is 5.13 Å². The second kappa shape index (κ2) is 8.74. The molecule has 7 heteroatoms. The highest BCUT2D eigenvalue weighted by molar-refractivity contribution is 7.13. The summed E-state index contributed by atoms with van der Waals surface area (Å²) in [5.41, 5.74) is 0.866. The third kappa shape index (κ3) is 6.22. The van der Waals surface area contributed by atoms with Gasteiger partial charge in [0.2, 0.25) is 11.8 Å². The van der Waals surface area contributed by atoms with Crippen LogP contribution in [-0.4, -0.2) is 48.5 Å². The van der Waals surface area contributed by atoms with Crippen molar-refractivity contribution in [1.29, 1.82) is 0 Å². The molecule has 118 valence electrons. The maximum absolute atomic E-state index is 12.1. The molecule has 0 unspecified atom stereocenters. The van der Waals surface area contributed by atoms with Crippen LogP contribution in [-0.2, 0) is 14.3 Å². The first-order valence-electron chi connectivity index (χ1n) is 6.93. The van der Waals surface area contributed by atoms with E-state index in [2.05, 4.69) is 10.3 Å². The number of carbonyl (C=O) groups excluding carboxylic acids is 2. The van der Waals surface area contributed by atoms with Crippen LogP contribution in [0.2, 0.25) is 0 Å². The molecular weight excluding hydrogens is 290 g/mol. The molecule has 0 radical (unpaired) electrons. The average molecular weight is 313 g/mol. The molecule has 1 rings (SSSR count). The number of amides is 2. The van der Waals surface area contributed by atoms with Crippen molar-refractivity contribution in [1.82, 2.24) is 9.88 Å². The number of nitrogens with one attached hydrogen (secondary N) is 1. The number of rotatable bonds is 8. The van der Waals surface area contributed by atoms with E-state index in [9.17, 15) is 9.59 Å². The molecule has 0 aliphatic heterocycles. The first kappa shape index (κ1) is 17.6. The lowest BCUT2D eigenvalue weighted by molar-refractivity contribution is -0.137. The first-order chi connectivity index (χ1) is 9.93. The van der Waals surface area contributed by atoms with Gasteiger partial charge in [0.05, 0.1) is 12.2 Å². The molecule has 0 aromatic carbocycles. The van der Waals surface area contributed by atoms with Crippen LogP contribution in [0, 0.1) is 12.8 Å². The topological polar surface area (TPSA) is 71.5 Å². The molecule has 0 bridgehead atoms. The van der Waals surface area contributed by atoms with E-state index in [1.54, 1.807) is 12.0 Å². The highest BCUT2D eigenvalue weighted by Crippen LogP contribution is 2.14. The molecule has 1 aromatic rings. The second-order valence-corrected chi connectivity index (χ2v) is 5.96. The smallest absolute Gasteiger partial charge is 0.245 e. The fourth-order valence-corrected chi connectivity index (χ4v) is 2.48. The maximum Gasteiger partial charge on any atom is 0.245 e. The van der Waals surface area contributed by atoms with E-state index >= 15 is 0 Å². The molecule has 1 heterocycles. The van der Waals surface area contributed by atoms with Crippen molar-refractivity contribution < 1.29 is 14.3 Å². The molecule has 0 spiro atoms. The maximum atomic E-state index is 12.1. The van der Waals surface area contributed by atoms with E-state index in [0.717, 1.165) is 5.69 Å². The van der Waals surface area contributed by atoms with Crippen molar-refractivity contribution >= 4 is 28.3 Å². The normalized spacial score (nSPS) is 10.7. The molecule has 6 nitrogen and oxygen atoms in total. The summed E-state index contributed by atoms with van der Waals surface area (Å²) in [6.07, 6.45) is 0.707. The highest BCUT2D eigenvalue weighted by atomic mass is 32.1. The van der Waals surface area contributed by atoms with E-state index in [-0.39, 0.29) is 24.3 Å². The second-order valence-electron chi connectivity index (χ2n) is 5.10. The number of aryl methyl sites for hydroxylation is 1. The summed E-state index contributed by atoms with van der Waals surface area (Å²) in [5.74, 6) is -0.394. The van der Waals surface area contributed by atoms with Crippen LogP contribution in [0.25, 0.3) is 0 Å². The third-order valence-corrected chi connectivity index (χ3v) is 3.66. The zero-order valence-corrected chi connectivity index (χ0v) is 13.8. The Bertz CT molecular complexity index is 474.